The number of epoxide rings is 1. The van der Waals surface area contributed by atoms with Gasteiger partial charge < -0.3 is 44.3 Å². The van der Waals surface area contributed by atoms with Crippen molar-refractivity contribution in [3.05, 3.63) is 46.5 Å². The van der Waals surface area contributed by atoms with Gasteiger partial charge in [-0.15, -0.1) is 0 Å². The number of fused-ring (bicyclic) bond motifs is 5. The average Bonchev–Trinajstić information content (AvgIpc) is 3.85. The Morgan fingerprint density at radius 2 is 1.96 bits per heavy atom. The van der Waals surface area contributed by atoms with Gasteiger partial charge in [-0.1, -0.05) is 63.9 Å². The van der Waals surface area contributed by atoms with Crippen LogP contribution in [-0.2, 0) is 39.8 Å². The standard InChI is InChI=1S/C39H57ClN4O10S2/c1-22-12-11-13-29(51-10)39(49)20-28(52-36(48)42-39)23(2)34-38(6,54-34)30(19-32(46)44(8)26-17-25(16-22)18-27(50-9)33(26)40)53-35(47)24(3)43(7)31(45)14-15-55-56-37(4,5)21-41/h11-13,17-18,23-24,28-30,34,49H,14-16,19-21,41H2,1-10H3,(H,42,48)/b13-11+,22-12+/t23-,24+,28+,29-,30+,34+,38?,39+/m1/s1. The predicted molar refractivity (Wildman–Crippen MR) is 219 cm³/mol. The second kappa shape index (κ2) is 18.7. The van der Waals surface area contributed by atoms with Crippen molar-refractivity contribution in [2.75, 3.05) is 45.5 Å². The molecule has 0 radical (unpaired) electrons. The number of ether oxygens (including phenoxy) is 5. The summed E-state index contributed by atoms with van der Waals surface area (Å²) in [4.78, 5) is 56.8. The molecule has 3 heterocycles. The molecule has 17 heteroatoms. The molecule has 56 heavy (non-hydrogen) atoms. The van der Waals surface area contributed by atoms with E-state index in [9.17, 15) is 24.3 Å². The van der Waals surface area contributed by atoms with E-state index in [0.29, 0.717) is 30.2 Å². The lowest BCUT2D eigenvalue weighted by Crippen LogP contribution is -2.63. The van der Waals surface area contributed by atoms with Gasteiger partial charge >= 0.3 is 12.1 Å². The van der Waals surface area contributed by atoms with Crippen LogP contribution in [0.2, 0.25) is 5.02 Å². The van der Waals surface area contributed by atoms with Gasteiger partial charge in [0.1, 0.15) is 40.7 Å². The maximum atomic E-state index is 14.2. The fraction of sp³-hybridized carbons (Fsp3) is 0.641. The zero-order chi connectivity index (χ0) is 41.7. The monoisotopic (exact) mass is 840 g/mol. The van der Waals surface area contributed by atoms with Gasteiger partial charge in [-0.2, -0.15) is 0 Å². The Morgan fingerprint density at radius 1 is 1.27 bits per heavy atom. The highest BCUT2D eigenvalue weighted by Gasteiger charge is 2.64. The molecule has 4 rings (SSSR count). The Bertz CT molecular complexity index is 1700. The number of aliphatic hydroxyl groups is 1. The van der Waals surface area contributed by atoms with Crippen molar-refractivity contribution < 1.29 is 48.0 Å². The lowest BCUT2D eigenvalue weighted by molar-refractivity contribution is -0.162. The van der Waals surface area contributed by atoms with Crippen LogP contribution in [-0.4, -0.2) is 121 Å². The van der Waals surface area contributed by atoms with Crippen molar-refractivity contribution in [1.82, 2.24) is 10.2 Å². The quantitative estimate of drug-likeness (QED) is 0.117. The molecular weight excluding hydrogens is 784 g/mol. The van der Waals surface area contributed by atoms with E-state index in [0.717, 1.165) is 11.1 Å². The molecule has 2 fully saturated rings. The summed E-state index contributed by atoms with van der Waals surface area (Å²) in [5, 5.41) is 14.5. The fourth-order valence-corrected chi connectivity index (χ4v) is 9.46. The lowest BCUT2D eigenvalue weighted by atomic mass is 9.83. The average molecular weight is 841 g/mol. The molecule has 3 amide bonds. The molecule has 0 spiro atoms. The van der Waals surface area contributed by atoms with Crippen LogP contribution in [0.1, 0.15) is 66.4 Å². The van der Waals surface area contributed by atoms with E-state index in [-0.39, 0.29) is 34.9 Å². The number of carbonyl (C=O) groups excluding carboxylic acids is 4. The number of allylic oxidation sites excluding steroid dienone is 3. The van der Waals surface area contributed by atoms with Gasteiger partial charge in [0.05, 0.1) is 25.3 Å². The minimum Gasteiger partial charge on any atom is -0.495 e. The summed E-state index contributed by atoms with van der Waals surface area (Å²) in [5.41, 5.74) is 4.89. The molecule has 1 aromatic carbocycles. The van der Waals surface area contributed by atoms with Crippen LogP contribution in [0.4, 0.5) is 10.5 Å². The van der Waals surface area contributed by atoms with Gasteiger partial charge in [0.2, 0.25) is 11.8 Å². The van der Waals surface area contributed by atoms with Gasteiger partial charge in [-0.05, 0) is 58.7 Å². The first-order valence-electron chi connectivity index (χ1n) is 18.6. The van der Waals surface area contributed by atoms with Gasteiger partial charge in [-0.25, -0.2) is 9.59 Å². The predicted octanol–water partition coefficient (Wildman–Crippen LogP) is 5.02. The van der Waals surface area contributed by atoms with Crippen molar-refractivity contribution >= 4 is 62.8 Å². The largest absolute Gasteiger partial charge is 0.495 e. The molecule has 4 bridgehead atoms. The van der Waals surface area contributed by atoms with E-state index < -0.39 is 65.7 Å². The van der Waals surface area contributed by atoms with E-state index in [1.807, 2.05) is 26.8 Å². The number of methoxy groups -OCH3 is 2. The minimum absolute atomic E-state index is 0.0535. The number of amides is 3. The highest BCUT2D eigenvalue weighted by atomic mass is 35.5. The number of nitrogens with zero attached hydrogens (tertiary/aromatic N) is 2. The highest BCUT2D eigenvalue weighted by Crippen LogP contribution is 2.49. The molecular formula is C39H57ClN4O10S2. The topological polar surface area (TPSA) is 182 Å². The van der Waals surface area contributed by atoms with E-state index in [1.54, 1.807) is 73.7 Å². The molecule has 3 aliphatic heterocycles. The third-order valence-electron chi connectivity index (χ3n) is 10.7. The Labute approximate surface area is 342 Å². The van der Waals surface area contributed by atoms with Crippen LogP contribution in [0, 0.1) is 5.92 Å². The number of esters is 1. The number of benzene rings is 1. The fourth-order valence-electron chi connectivity index (χ4n) is 6.76. The first-order valence-corrected chi connectivity index (χ1v) is 21.3. The molecule has 14 nitrogen and oxygen atoms in total. The molecule has 4 N–H and O–H groups in total. The first kappa shape index (κ1) is 45.7. The Balaban J connectivity index is 1.68. The number of hydrogen-bond acceptors (Lipinski definition) is 13. The SMILES string of the molecule is COc1cc2cc(c1Cl)N(C)C(=O)C[C@H](OC(=O)[C@H](C)N(C)C(=O)CCSSC(C)(C)CN)C1(C)O[C@H]1[C@H](C)[C@@H]1C[C@@](O)(NC(=O)O1)[C@H](OC)/C=C/C=C(\C)C2. The van der Waals surface area contributed by atoms with Gasteiger partial charge in [-0.3, -0.25) is 14.9 Å². The van der Waals surface area contributed by atoms with Crippen LogP contribution < -0.4 is 20.7 Å². The summed E-state index contributed by atoms with van der Waals surface area (Å²) in [6.45, 7) is 11.6. The summed E-state index contributed by atoms with van der Waals surface area (Å²) in [6.07, 6.45) is 1.10. The van der Waals surface area contributed by atoms with Crippen LogP contribution in [0.5, 0.6) is 5.75 Å². The van der Waals surface area contributed by atoms with Crippen LogP contribution in [0.15, 0.2) is 35.9 Å². The molecule has 0 aromatic heterocycles. The van der Waals surface area contributed by atoms with Crippen molar-refractivity contribution in [2.45, 2.75) is 114 Å². The molecule has 0 saturated carbocycles. The van der Waals surface area contributed by atoms with E-state index >= 15 is 0 Å². The summed E-state index contributed by atoms with van der Waals surface area (Å²) < 4.78 is 29.2. The maximum absolute atomic E-state index is 14.2. The van der Waals surface area contributed by atoms with Crippen LogP contribution in [0.3, 0.4) is 0 Å². The Hall–Kier alpha value is -2.99. The second-order valence-electron chi connectivity index (χ2n) is 15.5. The number of alkyl carbamates (subject to hydrolysis) is 1. The third kappa shape index (κ3) is 10.7. The zero-order valence-corrected chi connectivity index (χ0v) is 36.3. The van der Waals surface area contributed by atoms with Gasteiger partial charge in [0, 0.05) is 57.0 Å². The van der Waals surface area contributed by atoms with Crippen molar-refractivity contribution in [3.8, 4) is 5.75 Å². The van der Waals surface area contributed by atoms with Crippen LogP contribution in [0.25, 0.3) is 0 Å². The van der Waals surface area contributed by atoms with Crippen LogP contribution >= 0.6 is 33.2 Å². The number of carbonyl (C=O) groups is 4. The Kier molecular flexibility index (Phi) is 15.3. The third-order valence-corrected chi connectivity index (χ3v) is 14.4. The number of anilines is 1. The number of hydrogen-bond donors (Lipinski definition) is 3. The zero-order valence-electron chi connectivity index (χ0n) is 33.9. The summed E-state index contributed by atoms with van der Waals surface area (Å²) in [7, 11) is 9.18. The van der Waals surface area contributed by atoms with Gasteiger partial charge in [0.15, 0.2) is 5.72 Å². The smallest absolute Gasteiger partial charge is 0.409 e. The summed E-state index contributed by atoms with van der Waals surface area (Å²) in [6, 6.07) is 2.60. The van der Waals surface area contributed by atoms with E-state index in [1.165, 1.54) is 31.1 Å². The second-order valence-corrected chi connectivity index (χ2v) is 19.0. The molecule has 0 aliphatic carbocycles. The van der Waals surface area contributed by atoms with E-state index in [4.69, 9.17) is 41.0 Å². The number of likely N-dealkylation sites (N-methyl/N-ethyl adjacent to an activating group) is 1. The minimum atomic E-state index is -1.83. The normalized spacial score (nSPS) is 30.5. The number of halogens is 1. The number of rotatable bonds is 11. The van der Waals surface area contributed by atoms with Crippen molar-refractivity contribution in [2.24, 2.45) is 11.7 Å². The number of nitrogens with one attached hydrogen (secondary N) is 1. The van der Waals surface area contributed by atoms with Gasteiger partial charge in [0.25, 0.3) is 0 Å². The molecule has 1 unspecified atom stereocenters. The lowest BCUT2D eigenvalue weighted by Gasteiger charge is -2.42. The first-order chi connectivity index (χ1) is 26.2. The van der Waals surface area contributed by atoms with Crippen molar-refractivity contribution in [3.63, 3.8) is 0 Å². The molecule has 8 atom stereocenters. The molecule has 3 aliphatic rings. The Morgan fingerprint density at radius 3 is 2.61 bits per heavy atom. The van der Waals surface area contributed by atoms with Crippen molar-refractivity contribution in [1.29, 1.82) is 0 Å². The molecule has 2 saturated heterocycles. The maximum Gasteiger partial charge on any atom is 0.409 e. The molecule has 312 valence electrons. The summed E-state index contributed by atoms with van der Waals surface area (Å²) in [5.74, 6) is -1.05. The highest BCUT2D eigenvalue weighted by molar-refractivity contribution is 8.77. The van der Waals surface area contributed by atoms with E-state index in [2.05, 4.69) is 5.32 Å². The number of nitrogens with two attached hydrogens (primary N) is 1. The summed E-state index contributed by atoms with van der Waals surface area (Å²) >= 11 is 6.78. The molecule has 1 aromatic rings.